The SMILES string of the molecule is CCC(CSC)Nc1cnc(C#N)cn1. The first-order valence-electron chi connectivity index (χ1n) is 4.77. The van der Waals surface area contributed by atoms with E-state index in [0.29, 0.717) is 11.7 Å². The Hall–Kier alpha value is -1.28. The van der Waals surface area contributed by atoms with E-state index in [4.69, 9.17) is 5.26 Å². The standard InChI is InChI=1S/C10H14N4S/c1-3-8(7-15-2)14-10-6-12-9(4-11)5-13-10/h5-6,8H,3,7H2,1-2H3,(H,13,14). The molecule has 1 unspecified atom stereocenters. The molecule has 0 aliphatic heterocycles. The summed E-state index contributed by atoms with van der Waals surface area (Å²) >= 11 is 1.80. The molecule has 0 bridgehead atoms. The third-order valence-corrected chi connectivity index (χ3v) is 2.71. The zero-order valence-electron chi connectivity index (χ0n) is 8.90. The van der Waals surface area contributed by atoms with Gasteiger partial charge in [-0.2, -0.15) is 17.0 Å². The van der Waals surface area contributed by atoms with Crippen molar-refractivity contribution in [2.75, 3.05) is 17.3 Å². The number of nitrogens with zero attached hydrogens (tertiary/aromatic N) is 3. The predicted molar refractivity (Wildman–Crippen MR) is 62.8 cm³/mol. The Morgan fingerprint density at radius 3 is 2.80 bits per heavy atom. The molecular formula is C10H14N4S. The molecule has 0 fully saturated rings. The summed E-state index contributed by atoms with van der Waals surface area (Å²) in [5, 5.41) is 11.8. The summed E-state index contributed by atoms with van der Waals surface area (Å²) in [7, 11) is 0. The van der Waals surface area contributed by atoms with Crippen LogP contribution in [0.3, 0.4) is 0 Å². The highest BCUT2D eigenvalue weighted by molar-refractivity contribution is 7.98. The van der Waals surface area contributed by atoms with Gasteiger partial charge in [0, 0.05) is 11.8 Å². The predicted octanol–water partition coefficient (Wildman–Crippen LogP) is 1.90. The van der Waals surface area contributed by atoms with Crippen LogP contribution < -0.4 is 5.32 Å². The lowest BCUT2D eigenvalue weighted by atomic mass is 10.2. The molecule has 80 valence electrons. The van der Waals surface area contributed by atoms with Crippen LogP contribution >= 0.6 is 11.8 Å². The average molecular weight is 222 g/mol. The minimum Gasteiger partial charge on any atom is -0.365 e. The molecule has 1 aromatic heterocycles. The minimum absolute atomic E-state index is 0.346. The molecule has 4 nitrogen and oxygen atoms in total. The van der Waals surface area contributed by atoms with Gasteiger partial charge in [-0.25, -0.2) is 9.97 Å². The van der Waals surface area contributed by atoms with Crippen molar-refractivity contribution in [2.45, 2.75) is 19.4 Å². The number of aromatic nitrogens is 2. The molecule has 15 heavy (non-hydrogen) atoms. The Balaban J connectivity index is 2.59. The first-order valence-corrected chi connectivity index (χ1v) is 6.17. The van der Waals surface area contributed by atoms with Crippen molar-refractivity contribution in [1.29, 1.82) is 5.26 Å². The summed E-state index contributed by atoms with van der Waals surface area (Å²) in [6.07, 6.45) is 6.20. The van der Waals surface area contributed by atoms with Crippen molar-refractivity contribution in [3.05, 3.63) is 18.1 Å². The second kappa shape index (κ2) is 6.25. The van der Waals surface area contributed by atoms with E-state index in [1.807, 2.05) is 6.07 Å². The van der Waals surface area contributed by atoms with E-state index < -0.39 is 0 Å². The van der Waals surface area contributed by atoms with Crippen LogP contribution in [-0.2, 0) is 0 Å². The quantitative estimate of drug-likeness (QED) is 0.824. The van der Waals surface area contributed by atoms with Gasteiger partial charge >= 0.3 is 0 Å². The molecule has 0 spiro atoms. The van der Waals surface area contributed by atoms with Gasteiger partial charge in [0.25, 0.3) is 0 Å². The summed E-state index contributed by atoms with van der Waals surface area (Å²) in [6.45, 7) is 2.13. The van der Waals surface area contributed by atoms with Gasteiger partial charge in [-0.05, 0) is 12.7 Å². The number of nitrogens with one attached hydrogen (secondary N) is 1. The monoisotopic (exact) mass is 222 g/mol. The van der Waals surface area contributed by atoms with Crippen LogP contribution in [0, 0.1) is 11.3 Å². The molecule has 0 saturated heterocycles. The molecule has 1 atom stereocenters. The smallest absolute Gasteiger partial charge is 0.158 e. The first-order chi connectivity index (χ1) is 7.30. The number of anilines is 1. The Morgan fingerprint density at radius 1 is 1.53 bits per heavy atom. The second-order valence-electron chi connectivity index (χ2n) is 3.10. The highest BCUT2D eigenvalue weighted by Crippen LogP contribution is 2.08. The highest BCUT2D eigenvalue weighted by Gasteiger charge is 2.05. The van der Waals surface area contributed by atoms with E-state index in [0.717, 1.165) is 18.0 Å². The van der Waals surface area contributed by atoms with Crippen LogP contribution in [0.15, 0.2) is 12.4 Å². The zero-order chi connectivity index (χ0) is 11.1. The van der Waals surface area contributed by atoms with Crippen LogP contribution in [0.1, 0.15) is 19.0 Å². The summed E-state index contributed by atoms with van der Waals surface area (Å²) in [4.78, 5) is 8.07. The number of rotatable bonds is 5. The van der Waals surface area contributed by atoms with Gasteiger partial charge in [0.1, 0.15) is 11.9 Å². The van der Waals surface area contributed by atoms with E-state index in [9.17, 15) is 0 Å². The Bertz CT molecular complexity index is 330. The van der Waals surface area contributed by atoms with Gasteiger partial charge in [0.2, 0.25) is 0 Å². The maximum Gasteiger partial charge on any atom is 0.158 e. The maximum atomic E-state index is 8.56. The van der Waals surface area contributed by atoms with Gasteiger partial charge in [-0.1, -0.05) is 6.92 Å². The molecule has 0 amide bonds. The molecule has 1 heterocycles. The van der Waals surface area contributed by atoms with Crippen molar-refractivity contribution in [3.63, 3.8) is 0 Å². The number of nitriles is 1. The van der Waals surface area contributed by atoms with Crippen LogP contribution in [0.2, 0.25) is 0 Å². The second-order valence-corrected chi connectivity index (χ2v) is 4.01. The molecule has 1 rings (SSSR count). The Morgan fingerprint density at radius 2 is 2.33 bits per heavy atom. The van der Waals surface area contributed by atoms with Gasteiger partial charge in [-0.15, -0.1) is 0 Å². The lowest BCUT2D eigenvalue weighted by molar-refractivity contribution is 0.768. The van der Waals surface area contributed by atoms with Gasteiger partial charge < -0.3 is 5.32 Å². The highest BCUT2D eigenvalue weighted by atomic mass is 32.2. The maximum absolute atomic E-state index is 8.56. The Labute approximate surface area is 94.1 Å². The van der Waals surface area contributed by atoms with E-state index in [2.05, 4.69) is 28.5 Å². The fraction of sp³-hybridized carbons (Fsp3) is 0.500. The van der Waals surface area contributed by atoms with Crippen molar-refractivity contribution < 1.29 is 0 Å². The molecule has 0 radical (unpaired) electrons. The van der Waals surface area contributed by atoms with Crippen LogP contribution in [0.4, 0.5) is 5.82 Å². The number of hydrogen-bond donors (Lipinski definition) is 1. The topological polar surface area (TPSA) is 61.6 Å². The van der Waals surface area contributed by atoms with Gasteiger partial charge in [0.05, 0.1) is 12.4 Å². The summed E-state index contributed by atoms with van der Waals surface area (Å²) in [6, 6.07) is 2.35. The minimum atomic E-state index is 0.346. The van der Waals surface area contributed by atoms with E-state index in [1.165, 1.54) is 6.20 Å². The summed E-state index contributed by atoms with van der Waals surface area (Å²) < 4.78 is 0. The van der Waals surface area contributed by atoms with Crippen LogP contribution in [0.25, 0.3) is 0 Å². The fourth-order valence-corrected chi connectivity index (χ4v) is 1.85. The number of hydrogen-bond acceptors (Lipinski definition) is 5. The summed E-state index contributed by atoms with van der Waals surface area (Å²) in [5.41, 5.74) is 0.346. The van der Waals surface area contributed by atoms with Crippen LogP contribution in [-0.4, -0.2) is 28.0 Å². The lowest BCUT2D eigenvalue weighted by Crippen LogP contribution is -2.21. The summed E-state index contributed by atoms with van der Waals surface area (Å²) in [5.74, 6) is 1.77. The zero-order valence-corrected chi connectivity index (χ0v) is 9.71. The van der Waals surface area contributed by atoms with E-state index in [-0.39, 0.29) is 0 Å². The van der Waals surface area contributed by atoms with E-state index in [1.54, 1.807) is 18.0 Å². The molecule has 0 aromatic carbocycles. The van der Waals surface area contributed by atoms with Crippen molar-refractivity contribution in [1.82, 2.24) is 9.97 Å². The lowest BCUT2D eigenvalue weighted by Gasteiger charge is -2.15. The first kappa shape index (κ1) is 11.8. The Kier molecular flexibility index (Phi) is 4.91. The third kappa shape index (κ3) is 3.76. The molecular weight excluding hydrogens is 208 g/mol. The fourth-order valence-electron chi connectivity index (χ4n) is 1.13. The molecule has 5 heteroatoms. The normalized spacial score (nSPS) is 11.8. The average Bonchev–Trinajstić information content (AvgIpc) is 2.29. The molecule has 1 aromatic rings. The largest absolute Gasteiger partial charge is 0.365 e. The van der Waals surface area contributed by atoms with Gasteiger partial charge in [0.15, 0.2) is 5.69 Å². The third-order valence-electron chi connectivity index (χ3n) is 1.98. The van der Waals surface area contributed by atoms with E-state index >= 15 is 0 Å². The van der Waals surface area contributed by atoms with Crippen LogP contribution in [0.5, 0.6) is 0 Å². The molecule has 0 saturated carbocycles. The number of thioether (sulfide) groups is 1. The van der Waals surface area contributed by atoms with Crippen molar-refractivity contribution >= 4 is 17.6 Å². The molecule has 1 N–H and O–H groups in total. The van der Waals surface area contributed by atoms with Crippen molar-refractivity contribution in [3.8, 4) is 6.07 Å². The molecule has 0 aliphatic carbocycles. The van der Waals surface area contributed by atoms with Gasteiger partial charge in [-0.3, -0.25) is 0 Å². The molecule has 0 aliphatic rings. The van der Waals surface area contributed by atoms with Crippen molar-refractivity contribution in [2.24, 2.45) is 0 Å².